The van der Waals surface area contributed by atoms with Gasteiger partial charge in [-0.2, -0.15) is 0 Å². The Morgan fingerprint density at radius 2 is 1.81 bits per heavy atom. The molecule has 0 heterocycles. The van der Waals surface area contributed by atoms with Crippen molar-refractivity contribution in [3.05, 3.63) is 39.7 Å². The number of ketones is 2. The molecule has 0 spiro atoms. The summed E-state index contributed by atoms with van der Waals surface area (Å²) in [7, 11) is 2.96. The van der Waals surface area contributed by atoms with Gasteiger partial charge in [-0.3, -0.25) is 19.3 Å². The summed E-state index contributed by atoms with van der Waals surface area (Å²) in [5.41, 5.74) is 2.45. The number of hydrogen-bond donors (Lipinski definition) is 6. The third kappa shape index (κ3) is 4.96. The molecular weight excluding hydrogens is 580 g/mol. The Hall–Kier alpha value is -3.90. The molecule has 1 aromatic rings. The maximum Gasteiger partial charge on any atom is 0.255 e. The number of nitrogens with zero attached hydrogens (tertiary/aromatic N) is 2. The first-order valence-corrected chi connectivity index (χ1v) is 15.1. The van der Waals surface area contributed by atoms with Crippen molar-refractivity contribution in [3.8, 4) is 17.6 Å². The summed E-state index contributed by atoms with van der Waals surface area (Å²) in [5, 5.41) is 44.9. The number of rotatable bonds is 6. The van der Waals surface area contributed by atoms with Crippen molar-refractivity contribution in [2.75, 3.05) is 39.6 Å². The number of primary amides is 1. The molecule has 232 valence electrons. The number of aliphatic hydroxyl groups is 3. The quantitative estimate of drug-likeness (QED) is 0.181. The number of phenolic OH excluding ortho intramolecular Hbond substituents is 1. The highest BCUT2D eigenvalue weighted by Gasteiger charge is 2.64. The zero-order valence-electron chi connectivity index (χ0n) is 24.7. The van der Waals surface area contributed by atoms with Gasteiger partial charge in [0.25, 0.3) is 5.91 Å². The Bertz CT molecular complexity index is 1660. The van der Waals surface area contributed by atoms with Gasteiger partial charge >= 0.3 is 0 Å². The number of Topliss-reactive ketones (excluding diaryl/α,β-unsaturated/α-hetero) is 2. The first-order chi connectivity index (χ1) is 19.9. The molecule has 13 nitrogen and oxygen atoms in total. The van der Waals surface area contributed by atoms with E-state index in [4.69, 9.17) is 5.73 Å². The second-order valence-electron chi connectivity index (χ2n) is 11.7. The molecule has 43 heavy (non-hydrogen) atoms. The number of benzene rings is 1. The Labute approximate surface area is 249 Å². The first kappa shape index (κ1) is 32.0. The van der Waals surface area contributed by atoms with E-state index in [-0.39, 0.29) is 36.1 Å². The third-order valence-electron chi connectivity index (χ3n) is 8.38. The van der Waals surface area contributed by atoms with Crippen LogP contribution in [0, 0.1) is 23.7 Å². The monoisotopic (exact) mass is 616 g/mol. The maximum atomic E-state index is 14.0. The number of carbonyl (C=O) groups is 3. The number of sulfonamides is 1. The lowest BCUT2D eigenvalue weighted by molar-refractivity contribution is -0.153. The van der Waals surface area contributed by atoms with Gasteiger partial charge in [-0.1, -0.05) is 11.8 Å². The topological polar surface area (TPSA) is 211 Å². The molecule has 1 fully saturated rings. The van der Waals surface area contributed by atoms with Crippen LogP contribution >= 0.6 is 0 Å². The number of phenols is 1. The van der Waals surface area contributed by atoms with Crippen LogP contribution in [0.15, 0.2) is 23.0 Å². The summed E-state index contributed by atoms with van der Waals surface area (Å²) in [4.78, 5) is 42.6. The molecule has 14 heteroatoms. The van der Waals surface area contributed by atoms with E-state index >= 15 is 0 Å². The zero-order valence-corrected chi connectivity index (χ0v) is 25.5. The maximum absolute atomic E-state index is 14.0. The van der Waals surface area contributed by atoms with Gasteiger partial charge in [0, 0.05) is 31.3 Å². The van der Waals surface area contributed by atoms with Crippen LogP contribution in [0.1, 0.15) is 37.0 Å². The number of nitrogens with two attached hydrogens (primary N) is 1. The fraction of sp³-hybridized carbons (Fsp3) is 0.483. The molecule has 1 aromatic carbocycles. The molecule has 0 aliphatic heterocycles. The molecule has 1 saturated carbocycles. The highest BCUT2D eigenvalue weighted by Crippen LogP contribution is 2.54. The molecule has 0 bridgehead atoms. The number of aliphatic hydroxyl groups excluding tert-OH is 2. The molecule has 7 N–H and O–H groups in total. The van der Waals surface area contributed by atoms with E-state index in [2.05, 4.69) is 16.6 Å². The summed E-state index contributed by atoms with van der Waals surface area (Å²) in [6, 6.07) is 0.405. The van der Waals surface area contributed by atoms with E-state index in [1.54, 1.807) is 25.1 Å². The molecule has 0 aromatic heterocycles. The number of fused-ring (bicyclic) bond motifs is 3. The van der Waals surface area contributed by atoms with Crippen LogP contribution in [0.25, 0.3) is 5.76 Å². The molecular formula is C29H36N4O9S. The summed E-state index contributed by atoms with van der Waals surface area (Å²) in [6.07, 6.45) is 0.0917. The Morgan fingerprint density at radius 1 is 1.19 bits per heavy atom. The van der Waals surface area contributed by atoms with Crippen molar-refractivity contribution < 1.29 is 43.2 Å². The van der Waals surface area contributed by atoms with Crippen LogP contribution in [0.3, 0.4) is 0 Å². The largest absolute Gasteiger partial charge is 0.508 e. The average Bonchev–Trinajstić information content (AvgIpc) is 2.89. The summed E-state index contributed by atoms with van der Waals surface area (Å²) in [5.74, 6) is -2.05. The van der Waals surface area contributed by atoms with Gasteiger partial charge in [0.2, 0.25) is 15.8 Å². The molecule has 0 radical (unpaired) electrons. The lowest BCUT2D eigenvalue weighted by Crippen LogP contribution is -2.65. The normalized spacial score (nSPS) is 25.3. The second kappa shape index (κ2) is 11.0. The van der Waals surface area contributed by atoms with Crippen molar-refractivity contribution >= 4 is 38.9 Å². The van der Waals surface area contributed by atoms with Crippen LogP contribution in [-0.4, -0.2) is 103 Å². The van der Waals surface area contributed by atoms with Gasteiger partial charge < -0.3 is 31.1 Å². The van der Waals surface area contributed by atoms with E-state index in [9.17, 15) is 43.2 Å². The zero-order chi connectivity index (χ0) is 32.3. The standard InChI is InChI=1S/C29H36N4O9S/c1-13(2)43(41,42)31-9-7-8-14-12-18(32(3)4)16-10-15-11-17-22(33(5)6)25(36)21(28(30)39)27(38)29(17,40)26(37)19(15)24(35)20(16)23(14)34/h12-13,15,17,22,31,34-35,38,40H,9-11H2,1-6H3,(H2,30,39)/t15-,17-,22+,29-/m0/s1. The molecule has 1 amide bonds. The van der Waals surface area contributed by atoms with Gasteiger partial charge in [0.05, 0.1) is 29.0 Å². The predicted molar refractivity (Wildman–Crippen MR) is 158 cm³/mol. The Morgan fingerprint density at radius 3 is 2.35 bits per heavy atom. The Kier molecular flexibility index (Phi) is 8.18. The van der Waals surface area contributed by atoms with E-state index in [0.717, 1.165) is 0 Å². The number of amides is 1. The average molecular weight is 617 g/mol. The lowest BCUT2D eigenvalue weighted by Gasteiger charge is -2.50. The fourth-order valence-electron chi connectivity index (χ4n) is 6.23. The minimum atomic E-state index is -3.58. The third-order valence-corrected chi connectivity index (χ3v) is 10.2. The molecule has 4 atom stereocenters. The molecule has 3 aliphatic rings. The van der Waals surface area contributed by atoms with Crippen molar-refractivity contribution in [2.45, 2.75) is 43.6 Å². The van der Waals surface area contributed by atoms with Crippen molar-refractivity contribution in [1.82, 2.24) is 9.62 Å². The van der Waals surface area contributed by atoms with Crippen molar-refractivity contribution in [3.63, 3.8) is 0 Å². The minimum Gasteiger partial charge on any atom is -0.508 e. The van der Waals surface area contributed by atoms with Crippen LogP contribution in [0.5, 0.6) is 5.75 Å². The molecule has 0 unspecified atom stereocenters. The molecule has 0 saturated heterocycles. The predicted octanol–water partition coefficient (Wildman–Crippen LogP) is -0.291. The van der Waals surface area contributed by atoms with Crippen molar-refractivity contribution in [1.29, 1.82) is 0 Å². The van der Waals surface area contributed by atoms with Gasteiger partial charge in [0.1, 0.15) is 22.8 Å². The molecule has 3 aliphatic carbocycles. The number of nitrogens with one attached hydrogen (secondary N) is 1. The van der Waals surface area contributed by atoms with Gasteiger partial charge in [0.15, 0.2) is 11.4 Å². The molecule has 4 rings (SSSR count). The highest BCUT2D eigenvalue weighted by molar-refractivity contribution is 7.90. The summed E-state index contributed by atoms with van der Waals surface area (Å²) in [6.45, 7) is 2.79. The van der Waals surface area contributed by atoms with Gasteiger partial charge in [-0.05, 0) is 58.3 Å². The van der Waals surface area contributed by atoms with E-state index in [1.807, 2.05) is 0 Å². The van der Waals surface area contributed by atoms with E-state index < -0.39 is 79.1 Å². The Balaban J connectivity index is 1.90. The van der Waals surface area contributed by atoms with Crippen LogP contribution in [-0.2, 0) is 30.8 Å². The van der Waals surface area contributed by atoms with Gasteiger partial charge in [-0.25, -0.2) is 13.1 Å². The summed E-state index contributed by atoms with van der Waals surface area (Å²) < 4.78 is 26.4. The minimum absolute atomic E-state index is 0.0308. The number of carbonyl (C=O) groups excluding carboxylic acids is 3. The van der Waals surface area contributed by atoms with Crippen LogP contribution in [0.2, 0.25) is 0 Å². The number of likely N-dealkylation sites (N-methyl/N-ethyl adjacent to an activating group) is 1. The lowest BCUT2D eigenvalue weighted by atomic mass is 9.57. The van der Waals surface area contributed by atoms with E-state index in [0.29, 0.717) is 11.3 Å². The first-order valence-electron chi connectivity index (χ1n) is 13.6. The second-order valence-corrected chi connectivity index (χ2v) is 14.0. The summed E-state index contributed by atoms with van der Waals surface area (Å²) >= 11 is 0. The van der Waals surface area contributed by atoms with Crippen molar-refractivity contribution in [2.24, 2.45) is 17.6 Å². The fourth-order valence-corrected chi connectivity index (χ4v) is 6.84. The van der Waals surface area contributed by atoms with Crippen LogP contribution < -0.4 is 15.4 Å². The van der Waals surface area contributed by atoms with Gasteiger partial charge in [-0.15, -0.1) is 0 Å². The smallest absolute Gasteiger partial charge is 0.255 e. The van der Waals surface area contributed by atoms with E-state index in [1.165, 1.54) is 32.8 Å². The number of anilines is 1. The number of hydrogen-bond acceptors (Lipinski definition) is 11. The highest BCUT2D eigenvalue weighted by atomic mass is 32.2. The number of aromatic hydroxyl groups is 1. The van der Waals surface area contributed by atoms with Crippen LogP contribution in [0.4, 0.5) is 5.69 Å². The SMILES string of the molecule is CC(C)S(=O)(=O)NCC#Cc1cc(N(C)C)c2c(c1O)C(O)=C1C(=O)[C@]3(O)C(O)=C(C(N)=O)C(=O)[C@H](N(C)C)[C@@H]3C[C@@H]1C2.